The summed E-state index contributed by atoms with van der Waals surface area (Å²) >= 11 is 0. The number of carbonyl (C=O) groups excluding carboxylic acids is 1. The van der Waals surface area contributed by atoms with Gasteiger partial charge in [0.1, 0.15) is 0 Å². The van der Waals surface area contributed by atoms with E-state index in [1.54, 1.807) is 4.90 Å². The van der Waals surface area contributed by atoms with Gasteiger partial charge in [-0.05, 0) is 37.3 Å². The summed E-state index contributed by atoms with van der Waals surface area (Å²) in [6.45, 7) is 1.41. The van der Waals surface area contributed by atoms with Crippen LogP contribution in [0, 0.1) is 5.41 Å². The Bertz CT molecular complexity index is 1250. The van der Waals surface area contributed by atoms with Gasteiger partial charge in [0.25, 0.3) is 9.84 Å². The molecule has 4 heterocycles. The summed E-state index contributed by atoms with van der Waals surface area (Å²) in [5.74, 6) is -1.21. The molecule has 0 aromatic carbocycles. The molecule has 1 aliphatic carbocycles. The molecule has 1 aromatic heterocycles. The summed E-state index contributed by atoms with van der Waals surface area (Å²) in [6.07, 6.45) is -0.550. The molecule has 3 aliphatic heterocycles. The van der Waals surface area contributed by atoms with Gasteiger partial charge in [0.05, 0.1) is 22.8 Å². The summed E-state index contributed by atoms with van der Waals surface area (Å²) in [5.41, 5.74) is -5.82. The van der Waals surface area contributed by atoms with Crippen molar-refractivity contribution < 1.29 is 44.3 Å². The Morgan fingerprint density at radius 3 is 2.58 bits per heavy atom. The first-order valence-corrected chi connectivity index (χ1v) is 14.0. The van der Waals surface area contributed by atoms with Crippen molar-refractivity contribution in [2.24, 2.45) is 5.41 Å². The van der Waals surface area contributed by atoms with E-state index in [1.165, 1.54) is 6.08 Å². The highest BCUT2D eigenvalue weighted by Crippen LogP contribution is 2.51. The average Bonchev–Trinajstić information content (AvgIpc) is 3.40. The molecule has 7 nitrogen and oxygen atoms in total. The van der Waals surface area contributed by atoms with Crippen molar-refractivity contribution in [2.75, 3.05) is 32.0 Å². The fourth-order valence-electron chi connectivity index (χ4n) is 6.18. The number of ether oxygens (including phenoxy) is 1. The molecule has 1 saturated heterocycles. The van der Waals surface area contributed by atoms with E-state index in [9.17, 15) is 39.6 Å². The molecule has 0 bridgehead atoms. The third-order valence-electron chi connectivity index (χ3n) is 8.23. The van der Waals surface area contributed by atoms with Gasteiger partial charge in [-0.3, -0.25) is 14.7 Å². The van der Waals surface area contributed by atoms with Crippen LogP contribution in [0.2, 0.25) is 0 Å². The standard InChI is InChI=1S/C24H27F6N3O4S/c25-23(26,27)17-9-16-13-33(7-3-19(16)31-12-17)21(34)22-4-8-37-20(22)10-18(11-22)32-5-1-15(2-6-32)14-38(35,36)24(28,29)30/h1,9,12,18,20H,2-8,10-11,13-14H2/t18-,20-,22-/m1/s1. The second-order valence-electron chi connectivity index (χ2n) is 10.5. The molecule has 0 radical (unpaired) electrons. The van der Waals surface area contributed by atoms with Crippen LogP contribution in [-0.4, -0.2) is 78.8 Å². The smallest absolute Gasteiger partial charge is 0.377 e. The van der Waals surface area contributed by atoms with Crippen molar-refractivity contribution in [3.05, 3.63) is 40.7 Å². The van der Waals surface area contributed by atoms with Crippen LogP contribution in [0.3, 0.4) is 0 Å². The third kappa shape index (κ3) is 4.94. The molecule has 0 N–H and O–H groups in total. The number of nitrogens with zero attached hydrogens (tertiary/aromatic N) is 3. The lowest BCUT2D eigenvalue weighted by Gasteiger charge is -2.37. The van der Waals surface area contributed by atoms with E-state index in [0.29, 0.717) is 56.6 Å². The lowest BCUT2D eigenvalue weighted by atomic mass is 9.80. The van der Waals surface area contributed by atoms with Crippen LogP contribution in [-0.2, 0) is 38.5 Å². The Balaban J connectivity index is 1.27. The minimum Gasteiger partial charge on any atom is -0.377 e. The largest absolute Gasteiger partial charge is 0.497 e. The molecule has 5 rings (SSSR count). The summed E-state index contributed by atoms with van der Waals surface area (Å²) in [7, 11) is -5.24. The number of hydrogen-bond acceptors (Lipinski definition) is 6. The molecule has 1 amide bonds. The first kappa shape index (κ1) is 27.4. The first-order valence-electron chi connectivity index (χ1n) is 12.4. The van der Waals surface area contributed by atoms with Gasteiger partial charge < -0.3 is 9.64 Å². The minimum atomic E-state index is -5.29. The second-order valence-corrected chi connectivity index (χ2v) is 12.5. The van der Waals surface area contributed by atoms with Gasteiger partial charge in [-0.15, -0.1) is 0 Å². The molecular formula is C24H27F6N3O4S. The number of halogens is 6. The SMILES string of the molecule is O=C(N1CCc2ncc(C(F)(F)F)cc2C1)[C@@]12CCO[C@@H]1C[C@@H](N1CC=C(CS(=O)(=O)C(F)(F)F)CC1)C2. The maximum Gasteiger partial charge on any atom is 0.497 e. The van der Waals surface area contributed by atoms with Gasteiger partial charge in [0.15, 0.2) is 0 Å². The molecule has 2 fully saturated rings. The van der Waals surface area contributed by atoms with Crippen molar-refractivity contribution in [2.45, 2.75) is 62.5 Å². The van der Waals surface area contributed by atoms with E-state index in [2.05, 4.69) is 4.98 Å². The number of alkyl halides is 6. The summed E-state index contributed by atoms with van der Waals surface area (Å²) in [5, 5.41) is 0. The highest BCUT2D eigenvalue weighted by atomic mass is 32.2. The van der Waals surface area contributed by atoms with E-state index >= 15 is 0 Å². The lowest BCUT2D eigenvalue weighted by Crippen LogP contribution is -2.48. The average molecular weight is 568 g/mol. The van der Waals surface area contributed by atoms with Gasteiger partial charge in [-0.25, -0.2) is 8.42 Å². The zero-order valence-electron chi connectivity index (χ0n) is 20.3. The second kappa shape index (κ2) is 9.47. The van der Waals surface area contributed by atoms with Crippen LogP contribution in [0.25, 0.3) is 0 Å². The number of amides is 1. The molecule has 1 aromatic rings. The quantitative estimate of drug-likeness (QED) is 0.410. The van der Waals surface area contributed by atoms with Crippen LogP contribution in [0.4, 0.5) is 26.3 Å². The Morgan fingerprint density at radius 2 is 1.92 bits per heavy atom. The Hall–Kier alpha value is -2.19. The fourth-order valence-corrected chi connectivity index (χ4v) is 7.09. The van der Waals surface area contributed by atoms with E-state index in [-0.39, 0.29) is 43.1 Å². The molecule has 210 valence electrons. The summed E-state index contributed by atoms with van der Waals surface area (Å²) in [4.78, 5) is 21.4. The lowest BCUT2D eigenvalue weighted by molar-refractivity contribution is -0.145. The van der Waals surface area contributed by atoms with Crippen LogP contribution in [0.15, 0.2) is 23.9 Å². The highest BCUT2D eigenvalue weighted by molar-refractivity contribution is 7.92. The topological polar surface area (TPSA) is 79.8 Å². The molecule has 0 unspecified atom stereocenters. The predicted molar refractivity (Wildman–Crippen MR) is 122 cm³/mol. The van der Waals surface area contributed by atoms with Crippen molar-refractivity contribution in [3.63, 3.8) is 0 Å². The number of pyridine rings is 1. The molecule has 3 atom stereocenters. The normalized spacial score (nSPS) is 28.7. The fraction of sp³-hybridized carbons (Fsp3) is 0.667. The number of hydrogen-bond donors (Lipinski definition) is 0. The maximum absolute atomic E-state index is 13.8. The van der Waals surface area contributed by atoms with Crippen molar-refractivity contribution in [3.8, 4) is 0 Å². The van der Waals surface area contributed by atoms with Crippen LogP contribution < -0.4 is 0 Å². The summed E-state index contributed by atoms with van der Waals surface area (Å²) in [6, 6.07) is 0.965. The summed E-state index contributed by atoms with van der Waals surface area (Å²) < 4.78 is 107. The zero-order valence-corrected chi connectivity index (χ0v) is 21.1. The van der Waals surface area contributed by atoms with Crippen molar-refractivity contribution >= 4 is 15.7 Å². The predicted octanol–water partition coefficient (Wildman–Crippen LogP) is 3.49. The minimum absolute atomic E-state index is 0.0354. The van der Waals surface area contributed by atoms with Gasteiger partial charge in [-0.1, -0.05) is 11.6 Å². The van der Waals surface area contributed by atoms with E-state index < -0.39 is 38.3 Å². The van der Waals surface area contributed by atoms with Crippen LogP contribution in [0.5, 0.6) is 0 Å². The number of rotatable bonds is 4. The number of fused-ring (bicyclic) bond motifs is 2. The molecular weight excluding hydrogens is 540 g/mol. The molecule has 38 heavy (non-hydrogen) atoms. The van der Waals surface area contributed by atoms with E-state index in [0.717, 1.165) is 12.3 Å². The van der Waals surface area contributed by atoms with Crippen LogP contribution >= 0.6 is 0 Å². The van der Waals surface area contributed by atoms with Crippen molar-refractivity contribution in [1.29, 1.82) is 0 Å². The van der Waals surface area contributed by atoms with Crippen LogP contribution in [0.1, 0.15) is 42.5 Å². The van der Waals surface area contributed by atoms with Gasteiger partial charge in [0, 0.05) is 57.1 Å². The maximum atomic E-state index is 13.8. The molecule has 14 heteroatoms. The van der Waals surface area contributed by atoms with E-state index in [4.69, 9.17) is 4.74 Å². The van der Waals surface area contributed by atoms with Gasteiger partial charge in [-0.2, -0.15) is 26.3 Å². The monoisotopic (exact) mass is 567 g/mol. The van der Waals surface area contributed by atoms with E-state index in [1.807, 2.05) is 4.90 Å². The number of aromatic nitrogens is 1. The Labute approximate surface area is 215 Å². The van der Waals surface area contributed by atoms with Gasteiger partial charge >= 0.3 is 11.7 Å². The van der Waals surface area contributed by atoms with Gasteiger partial charge in [0.2, 0.25) is 5.91 Å². The molecule has 1 saturated carbocycles. The van der Waals surface area contributed by atoms with Crippen molar-refractivity contribution in [1.82, 2.24) is 14.8 Å². The third-order valence-corrected chi connectivity index (χ3v) is 9.68. The highest BCUT2D eigenvalue weighted by Gasteiger charge is 2.58. The molecule has 4 aliphatic rings. The molecule has 0 spiro atoms. The Morgan fingerprint density at radius 1 is 1.16 bits per heavy atom. The zero-order chi connectivity index (χ0) is 27.5. The Kier molecular flexibility index (Phi) is 6.83. The number of carbonyl (C=O) groups is 1. The number of sulfone groups is 1. The first-order chi connectivity index (χ1) is 17.7.